The van der Waals surface area contributed by atoms with Crippen molar-refractivity contribution < 1.29 is 9.53 Å². The van der Waals surface area contributed by atoms with Crippen molar-refractivity contribution in [1.29, 1.82) is 0 Å². The summed E-state index contributed by atoms with van der Waals surface area (Å²) in [4.78, 5) is 18.9. The van der Waals surface area contributed by atoms with Crippen molar-refractivity contribution >= 4 is 35.8 Å². The largest absolute Gasteiger partial charge is 0.378 e. The lowest BCUT2D eigenvalue weighted by atomic mass is 9.98. The molecule has 1 saturated carbocycles. The summed E-state index contributed by atoms with van der Waals surface area (Å²) in [6.45, 7) is 10.0. The molecule has 1 saturated heterocycles. The minimum atomic E-state index is 0. The molecule has 32 heavy (non-hydrogen) atoms. The third-order valence-corrected chi connectivity index (χ3v) is 6.19. The first kappa shape index (κ1) is 29.4. The van der Waals surface area contributed by atoms with Crippen molar-refractivity contribution in [2.45, 2.75) is 96.6 Å². The van der Waals surface area contributed by atoms with E-state index in [1.54, 1.807) is 0 Å². The number of hydrogen-bond donors (Lipinski definition) is 3. The number of carbonyl (C=O) groups is 1. The molecule has 0 bridgehead atoms. The molecular weight excluding hydrogens is 517 g/mol. The van der Waals surface area contributed by atoms with Gasteiger partial charge in [0, 0.05) is 45.4 Å². The third kappa shape index (κ3) is 13.2. The molecule has 1 heterocycles. The normalized spacial score (nSPS) is 18.8. The lowest BCUT2D eigenvalue weighted by Crippen LogP contribution is -2.50. The Morgan fingerprint density at radius 3 is 2.44 bits per heavy atom. The van der Waals surface area contributed by atoms with Crippen LogP contribution < -0.4 is 16.0 Å². The molecule has 0 aromatic carbocycles. The van der Waals surface area contributed by atoms with Crippen LogP contribution in [0.1, 0.15) is 84.5 Å². The second-order valence-corrected chi connectivity index (χ2v) is 9.00. The van der Waals surface area contributed by atoms with Crippen molar-refractivity contribution in [1.82, 2.24) is 20.9 Å². The average Bonchev–Trinajstić information content (AvgIpc) is 2.79. The van der Waals surface area contributed by atoms with Crippen molar-refractivity contribution in [2.24, 2.45) is 4.99 Å². The van der Waals surface area contributed by atoms with Crippen LogP contribution in [0.3, 0.4) is 0 Å². The number of ether oxygens (including phenoxy) is 1. The standard InChI is InChI=1S/C24H47N5O2.HI/c1-3-15-26-23(30)20-29-17-13-21(14-18-29)28-24(25-4-2)27-16-9-6-10-19-31-22-11-7-5-8-12-22;/h21-22H,3-20H2,1-2H3,(H,26,30)(H2,25,27,28);1H. The summed E-state index contributed by atoms with van der Waals surface area (Å²) in [6.07, 6.45) is 13.6. The van der Waals surface area contributed by atoms with Crippen LogP contribution >= 0.6 is 24.0 Å². The summed E-state index contributed by atoms with van der Waals surface area (Å²) in [7, 11) is 0. The molecule has 1 amide bonds. The molecular formula is C24H48IN5O2. The van der Waals surface area contributed by atoms with Gasteiger partial charge in [-0.05, 0) is 58.3 Å². The van der Waals surface area contributed by atoms with E-state index in [0.717, 1.165) is 77.4 Å². The lowest BCUT2D eigenvalue weighted by Gasteiger charge is -2.32. The summed E-state index contributed by atoms with van der Waals surface area (Å²) in [5, 5.41) is 9.94. The summed E-state index contributed by atoms with van der Waals surface area (Å²) in [6, 6.07) is 0.427. The fourth-order valence-corrected chi connectivity index (χ4v) is 4.34. The van der Waals surface area contributed by atoms with E-state index in [2.05, 4.69) is 34.7 Å². The van der Waals surface area contributed by atoms with Gasteiger partial charge in [0.1, 0.15) is 0 Å². The molecule has 7 nitrogen and oxygen atoms in total. The van der Waals surface area contributed by atoms with E-state index >= 15 is 0 Å². The highest BCUT2D eigenvalue weighted by atomic mass is 127. The topological polar surface area (TPSA) is 78.0 Å². The van der Waals surface area contributed by atoms with E-state index in [1.165, 1.54) is 38.5 Å². The molecule has 0 radical (unpaired) electrons. The highest BCUT2D eigenvalue weighted by Crippen LogP contribution is 2.20. The molecule has 0 spiro atoms. The van der Waals surface area contributed by atoms with Crippen LogP contribution in [0.25, 0.3) is 0 Å². The molecule has 188 valence electrons. The van der Waals surface area contributed by atoms with Gasteiger partial charge >= 0.3 is 0 Å². The van der Waals surface area contributed by atoms with Crippen molar-refractivity contribution in [3.63, 3.8) is 0 Å². The Balaban J connectivity index is 0.00000512. The number of nitrogens with one attached hydrogen (secondary N) is 3. The van der Waals surface area contributed by atoms with Gasteiger partial charge in [0.25, 0.3) is 0 Å². The molecule has 1 aliphatic carbocycles. The predicted octanol–water partition coefficient (Wildman–Crippen LogP) is 3.67. The summed E-state index contributed by atoms with van der Waals surface area (Å²) >= 11 is 0. The number of rotatable bonds is 13. The Kier molecular flexibility index (Phi) is 17.3. The second-order valence-electron chi connectivity index (χ2n) is 9.00. The van der Waals surface area contributed by atoms with Crippen LogP contribution in [-0.2, 0) is 9.53 Å². The van der Waals surface area contributed by atoms with Crippen LogP contribution in [0.2, 0.25) is 0 Å². The third-order valence-electron chi connectivity index (χ3n) is 6.19. The number of halogens is 1. The summed E-state index contributed by atoms with van der Waals surface area (Å²) < 4.78 is 6.01. The number of hydrogen-bond acceptors (Lipinski definition) is 4. The molecule has 0 aromatic heterocycles. The number of carbonyl (C=O) groups excluding carboxylic acids is 1. The first-order valence-corrected chi connectivity index (χ1v) is 12.9. The Labute approximate surface area is 213 Å². The molecule has 2 aliphatic rings. The average molecular weight is 566 g/mol. The Bertz CT molecular complexity index is 507. The van der Waals surface area contributed by atoms with E-state index < -0.39 is 0 Å². The van der Waals surface area contributed by atoms with Crippen LogP contribution in [0, 0.1) is 0 Å². The van der Waals surface area contributed by atoms with Gasteiger partial charge in [-0.2, -0.15) is 0 Å². The van der Waals surface area contributed by atoms with Crippen LogP contribution in [0.15, 0.2) is 4.99 Å². The van der Waals surface area contributed by atoms with Gasteiger partial charge in [0.15, 0.2) is 5.96 Å². The van der Waals surface area contributed by atoms with Gasteiger partial charge in [-0.1, -0.05) is 26.2 Å². The van der Waals surface area contributed by atoms with Gasteiger partial charge in [0.05, 0.1) is 12.6 Å². The maximum atomic E-state index is 11.9. The van der Waals surface area contributed by atoms with Gasteiger partial charge in [-0.25, -0.2) is 0 Å². The maximum Gasteiger partial charge on any atom is 0.234 e. The summed E-state index contributed by atoms with van der Waals surface area (Å²) in [5.74, 6) is 1.08. The Morgan fingerprint density at radius 2 is 1.75 bits per heavy atom. The lowest BCUT2D eigenvalue weighted by molar-refractivity contribution is -0.122. The van der Waals surface area contributed by atoms with Crippen LogP contribution in [-0.4, -0.2) is 74.8 Å². The first-order chi connectivity index (χ1) is 15.2. The monoisotopic (exact) mass is 565 g/mol. The first-order valence-electron chi connectivity index (χ1n) is 12.9. The number of nitrogens with zero attached hydrogens (tertiary/aromatic N) is 2. The highest BCUT2D eigenvalue weighted by molar-refractivity contribution is 14.0. The molecule has 0 aromatic rings. The molecule has 3 N–H and O–H groups in total. The minimum Gasteiger partial charge on any atom is -0.378 e. The smallest absolute Gasteiger partial charge is 0.234 e. The van der Waals surface area contributed by atoms with E-state index in [4.69, 9.17) is 9.73 Å². The number of aliphatic imine (C=N–C) groups is 1. The van der Waals surface area contributed by atoms with Crippen LogP contribution in [0.4, 0.5) is 0 Å². The summed E-state index contributed by atoms with van der Waals surface area (Å²) in [5.41, 5.74) is 0. The van der Waals surface area contributed by atoms with E-state index in [0.29, 0.717) is 18.7 Å². The minimum absolute atomic E-state index is 0. The zero-order chi connectivity index (χ0) is 22.2. The number of likely N-dealkylation sites (tertiary alicyclic amines) is 1. The van der Waals surface area contributed by atoms with Crippen molar-refractivity contribution in [3.05, 3.63) is 0 Å². The molecule has 0 unspecified atom stereocenters. The number of guanidine groups is 1. The molecule has 1 aliphatic heterocycles. The molecule has 2 fully saturated rings. The fraction of sp³-hybridized carbons (Fsp3) is 0.917. The van der Waals surface area contributed by atoms with Crippen molar-refractivity contribution in [2.75, 3.05) is 45.9 Å². The van der Waals surface area contributed by atoms with Crippen LogP contribution in [0.5, 0.6) is 0 Å². The van der Waals surface area contributed by atoms with E-state index in [-0.39, 0.29) is 29.9 Å². The maximum absolute atomic E-state index is 11.9. The number of unbranched alkanes of at least 4 members (excludes halogenated alkanes) is 2. The number of amides is 1. The quantitative estimate of drug-likeness (QED) is 0.138. The molecule has 0 atom stereocenters. The zero-order valence-electron chi connectivity index (χ0n) is 20.5. The van der Waals surface area contributed by atoms with E-state index in [9.17, 15) is 4.79 Å². The Morgan fingerprint density at radius 1 is 1.00 bits per heavy atom. The van der Waals surface area contributed by atoms with Crippen molar-refractivity contribution in [3.8, 4) is 0 Å². The molecule has 2 rings (SSSR count). The SMILES string of the molecule is CCCNC(=O)CN1CCC(NC(=NCCCCCOC2CCCCC2)NCC)CC1.I. The molecule has 8 heteroatoms. The van der Waals surface area contributed by atoms with Gasteiger partial charge < -0.3 is 20.7 Å². The van der Waals surface area contributed by atoms with Gasteiger partial charge in [-0.15, -0.1) is 24.0 Å². The van der Waals surface area contributed by atoms with E-state index in [1.807, 2.05) is 0 Å². The number of piperidine rings is 1. The van der Waals surface area contributed by atoms with Gasteiger partial charge in [-0.3, -0.25) is 14.7 Å². The highest BCUT2D eigenvalue weighted by Gasteiger charge is 2.21. The fourth-order valence-electron chi connectivity index (χ4n) is 4.34. The van der Waals surface area contributed by atoms with Gasteiger partial charge in [0.2, 0.25) is 5.91 Å². The second kappa shape index (κ2) is 18.8. The Hall–Kier alpha value is -0.610. The predicted molar refractivity (Wildman–Crippen MR) is 144 cm³/mol. The zero-order valence-corrected chi connectivity index (χ0v) is 22.8.